The second-order valence-electron chi connectivity index (χ2n) is 4.36. The summed E-state index contributed by atoms with van der Waals surface area (Å²) in [4.78, 5) is 1.08. The molecule has 1 aromatic carbocycles. The molecule has 0 aliphatic rings. The lowest BCUT2D eigenvalue weighted by Crippen LogP contribution is -2.10. The highest BCUT2D eigenvalue weighted by Gasteiger charge is 2.19. The van der Waals surface area contributed by atoms with E-state index in [9.17, 15) is 0 Å². The molecule has 1 N–H and O–H groups in total. The molecular weight excluding hydrogens is 393 g/mol. The molecule has 21 heavy (non-hydrogen) atoms. The summed E-state index contributed by atoms with van der Waals surface area (Å²) in [6.07, 6.45) is 1.66. The van der Waals surface area contributed by atoms with Crippen LogP contribution in [0.1, 0.15) is 16.7 Å². The smallest absolute Gasteiger partial charge is 0.131 e. The van der Waals surface area contributed by atoms with Crippen LogP contribution in [0.3, 0.4) is 0 Å². The molecule has 0 spiro atoms. The van der Waals surface area contributed by atoms with Crippen LogP contribution < -0.4 is 5.32 Å². The molecule has 1 atom stereocenters. The van der Waals surface area contributed by atoms with Crippen LogP contribution in [0.25, 0.3) is 0 Å². The number of hydrogen-bond acceptors (Lipinski definition) is 3. The molecule has 2 nitrogen and oxygen atoms in total. The number of halogens is 3. The largest absolute Gasteiger partial charge is 0.467 e. The maximum atomic E-state index is 6.05. The molecule has 0 aliphatic heterocycles. The summed E-state index contributed by atoms with van der Waals surface area (Å²) in [5.41, 5.74) is 0.942. The van der Waals surface area contributed by atoms with E-state index in [2.05, 4.69) is 21.2 Å². The Morgan fingerprint density at radius 1 is 1.14 bits per heavy atom. The van der Waals surface area contributed by atoms with E-state index in [0.29, 0.717) is 5.02 Å². The molecular formula is C15H10BrCl2NOS. The SMILES string of the molecule is Clc1ccc(C(Nc2ccc(Cl)c(Br)c2)c2ccco2)s1. The zero-order valence-corrected chi connectivity index (χ0v) is 14.6. The van der Waals surface area contributed by atoms with Crippen LogP contribution >= 0.6 is 50.5 Å². The van der Waals surface area contributed by atoms with Gasteiger partial charge in [-0.1, -0.05) is 23.2 Å². The van der Waals surface area contributed by atoms with Crippen LogP contribution in [-0.4, -0.2) is 0 Å². The second kappa shape index (κ2) is 6.44. The molecule has 0 saturated carbocycles. The average Bonchev–Trinajstić information content (AvgIpc) is 3.11. The summed E-state index contributed by atoms with van der Waals surface area (Å²) in [5.74, 6) is 0.833. The van der Waals surface area contributed by atoms with Crippen LogP contribution in [0.15, 0.2) is 57.6 Å². The fourth-order valence-electron chi connectivity index (χ4n) is 1.97. The van der Waals surface area contributed by atoms with Gasteiger partial charge in [-0.3, -0.25) is 0 Å². The van der Waals surface area contributed by atoms with Gasteiger partial charge in [0.05, 0.1) is 15.6 Å². The number of anilines is 1. The number of nitrogens with one attached hydrogen (secondary N) is 1. The summed E-state index contributed by atoms with van der Waals surface area (Å²) < 4.78 is 7.14. The Balaban J connectivity index is 1.94. The first-order valence-corrected chi connectivity index (χ1v) is 8.50. The normalized spacial score (nSPS) is 12.3. The molecule has 0 bridgehead atoms. The summed E-state index contributed by atoms with van der Waals surface area (Å²) in [6, 6.07) is 13.3. The number of rotatable bonds is 4. The summed E-state index contributed by atoms with van der Waals surface area (Å²) in [7, 11) is 0. The van der Waals surface area contributed by atoms with Crippen LogP contribution in [0, 0.1) is 0 Å². The van der Waals surface area contributed by atoms with Crippen molar-refractivity contribution in [3.63, 3.8) is 0 Å². The Morgan fingerprint density at radius 2 is 2.00 bits per heavy atom. The van der Waals surface area contributed by atoms with Crippen molar-refractivity contribution in [1.82, 2.24) is 0 Å². The van der Waals surface area contributed by atoms with Gasteiger partial charge in [-0.05, 0) is 58.4 Å². The zero-order valence-electron chi connectivity index (χ0n) is 10.6. The summed E-state index contributed by atoms with van der Waals surface area (Å²) >= 11 is 17.0. The molecule has 0 radical (unpaired) electrons. The number of furan rings is 1. The Morgan fingerprint density at radius 3 is 2.62 bits per heavy atom. The fourth-order valence-corrected chi connectivity index (χ4v) is 3.59. The minimum absolute atomic E-state index is 0.0921. The quantitative estimate of drug-likeness (QED) is 0.530. The fraction of sp³-hybridized carbons (Fsp3) is 0.0667. The van der Waals surface area contributed by atoms with Crippen molar-refractivity contribution in [3.8, 4) is 0 Å². The minimum atomic E-state index is -0.0921. The third-order valence-electron chi connectivity index (χ3n) is 2.94. The first kappa shape index (κ1) is 15.0. The first-order chi connectivity index (χ1) is 10.1. The van der Waals surface area contributed by atoms with Crippen LogP contribution in [-0.2, 0) is 0 Å². The van der Waals surface area contributed by atoms with E-state index in [0.717, 1.165) is 25.1 Å². The summed E-state index contributed by atoms with van der Waals surface area (Å²) in [6.45, 7) is 0. The first-order valence-electron chi connectivity index (χ1n) is 6.14. The van der Waals surface area contributed by atoms with Crippen molar-refractivity contribution >= 4 is 56.2 Å². The maximum absolute atomic E-state index is 6.05. The van der Waals surface area contributed by atoms with Crippen molar-refractivity contribution in [2.75, 3.05) is 5.32 Å². The predicted octanol–water partition coefficient (Wildman–Crippen LogP) is 6.61. The van der Waals surface area contributed by atoms with Gasteiger partial charge in [0.1, 0.15) is 11.8 Å². The molecule has 3 aromatic rings. The zero-order chi connectivity index (χ0) is 14.8. The lowest BCUT2D eigenvalue weighted by Gasteiger charge is -2.17. The minimum Gasteiger partial charge on any atom is -0.467 e. The molecule has 2 aromatic heterocycles. The highest BCUT2D eigenvalue weighted by atomic mass is 79.9. The molecule has 2 heterocycles. The average molecular weight is 403 g/mol. The molecule has 0 fully saturated rings. The second-order valence-corrected chi connectivity index (χ2v) is 7.37. The van der Waals surface area contributed by atoms with Gasteiger partial charge in [0.25, 0.3) is 0 Å². The van der Waals surface area contributed by atoms with Gasteiger partial charge in [-0.2, -0.15) is 0 Å². The van der Waals surface area contributed by atoms with Gasteiger partial charge in [0, 0.05) is 15.0 Å². The van der Waals surface area contributed by atoms with E-state index in [1.807, 2.05) is 42.5 Å². The molecule has 1 unspecified atom stereocenters. The molecule has 108 valence electrons. The van der Waals surface area contributed by atoms with Gasteiger partial charge in [-0.15, -0.1) is 11.3 Å². The van der Waals surface area contributed by atoms with E-state index in [1.165, 1.54) is 11.3 Å². The van der Waals surface area contributed by atoms with Crippen molar-refractivity contribution in [1.29, 1.82) is 0 Å². The Kier molecular flexibility index (Phi) is 4.60. The van der Waals surface area contributed by atoms with E-state index in [-0.39, 0.29) is 6.04 Å². The van der Waals surface area contributed by atoms with Crippen molar-refractivity contribution in [3.05, 3.63) is 73.2 Å². The lowest BCUT2D eigenvalue weighted by molar-refractivity contribution is 0.501. The molecule has 6 heteroatoms. The Labute approximate surface area is 144 Å². The Bertz CT molecular complexity index is 742. The van der Waals surface area contributed by atoms with Gasteiger partial charge in [-0.25, -0.2) is 0 Å². The third kappa shape index (κ3) is 3.46. The summed E-state index contributed by atoms with van der Waals surface area (Å²) in [5, 5.41) is 4.12. The predicted molar refractivity (Wildman–Crippen MR) is 92.7 cm³/mol. The van der Waals surface area contributed by atoms with Gasteiger partial charge >= 0.3 is 0 Å². The van der Waals surface area contributed by atoms with Crippen molar-refractivity contribution in [2.45, 2.75) is 6.04 Å². The van der Waals surface area contributed by atoms with Crippen molar-refractivity contribution in [2.24, 2.45) is 0 Å². The van der Waals surface area contributed by atoms with Crippen LogP contribution in [0.5, 0.6) is 0 Å². The topological polar surface area (TPSA) is 25.2 Å². The van der Waals surface area contributed by atoms with E-state index >= 15 is 0 Å². The number of hydrogen-bond donors (Lipinski definition) is 1. The van der Waals surface area contributed by atoms with Gasteiger partial charge in [0.15, 0.2) is 0 Å². The van der Waals surface area contributed by atoms with Gasteiger partial charge in [0.2, 0.25) is 0 Å². The Hall–Kier alpha value is -0.940. The van der Waals surface area contributed by atoms with E-state index < -0.39 is 0 Å². The third-order valence-corrected chi connectivity index (χ3v) is 5.45. The van der Waals surface area contributed by atoms with Gasteiger partial charge < -0.3 is 9.73 Å². The van der Waals surface area contributed by atoms with E-state index in [4.69, 9.17) is 27.6 Å². The number of thiophene rings is 1. The molecule has 3 rings (SSSR count). The lowest BCUT2D eigenvalue weighted by atomic mass is 10.1. The molecule has 0 aliphatic carbocycles. The van der Waals surface area contributed by atoms with E-state index in [1.54, 1.807) is 6.26 Å². The maximum Gasteiger partial charge on any atom is 0.131 e. The highest BCUT2D eigenvalue weighted by Crippen LogP contribution is 2.35. The van der Waals surface area contributed by atoms with Crippen LogP contribution in [0.2, 0.25) is 9.36 Å². The molecule has 0 saturated heterocycles. The standard InChI is InChI=1S/C15H10BrCl2NOS/c16-10-8-9(3-4-11(10)17)19-15(12-2-1-7-20-12)13-5-6-14(18)21-13/h1-8,15,19H. The molecule has 0 amide bonds. The van der Waals surface area contributed by atoms with Crippen molar-refractivity contribution < 1.29 is 4.42 Å². The number of benzene rings is 1. The van der Waals surface area contributed by atoms with Crippen LogP contribution in [0.4, 0.5) is 5.69 Å². The monoisotopic (exact) mass is 401 g/mol. The highest BCUT2D eigenvalue weighted by molar-refractivity contribution is 9.10.